The highest BCUT2D eigenvalue weighted by Crippen LogP contribution is 2.52. The molecule has 0 spiro atoms. The minimum atomic E-state index is 0.0923. The number of allylic oxidation sites excluding steroid dienone is 2. The molecule has 1 heterocycles. The molecule has 2 aliphatic carbocycles. The van der Waals surface area contributed by atoms with Crippen LogP contribution in [0.3, 0.4) is 0 Å². The third-order valence-electron chi connectivity index (χ3n) is 7.40. The summed E-state index contributed by atoms with van der Waals surface area (Å²) in [5, 5.41) is 0. The quantitative estimate of drug-likeness (QED) is 0.572. The molecular weight excluding hydrogens is 318 g/mol. The molecule has 1 aliphatic heterocycles. The summed E-state index contributed by atoms with van der Waals surface area (Å²) in [6.45, 7) is 16.8. The van der Waals surface area contributed by atoms with E-state index in [4.69, 9.17) is 0 Å². The SMILES string of the molecule is C=C(CC)N1CC(C)(C)C2=C1CC(CC1CCC(C)CC1)C(=O)C2CC. The zero-order valence-corrected chi connectivity index (χ0v) is 17.7. The highest BCUT2D eigenvalue weighted by Gasteiger charge is 2.48. The molecule has 0 bridgehead atoms. The summed E-state index contributed by atoms with van der Waals surface area (Å²) in [4.78, 5) is 15.9. The van der Waals surface area contributed by atoms with Gasteiger partial charge in [0, 0.05) is 35.2 Å². The molecule has 1 fully saturated rings. The van der Waals surface area contributed by atoms with Crippen LogP contribution in [0, 0.1) is 29.1 Å². The zero-order valence-electron chi connectivity index (χ0n) is 17.7. The third kappa shape index (κ3) is 3.53. The van der Waals surface area contributed by atoms with E-state index < -0.39 is 0 Å². The van der Waals surface area contributed by atoms with Gasteiger partial charge in [-0.05, 0) is 43.1 Å². The Balaban J connectivity index is 1.85. The summed E-state index contributed by atoms with van der Waals surface area (Å²) in [5.74, 6) is 2.55. The summed E-state index contributed by atoms with van der Waals surface area (Å²) >= 11 is 0. The number of hydrogen-bond acceptors (Lipinski definition) is 2. The van der Waals surface area contributed by atoms with Gasteiger partial charge in [-0.3, -0.25) is 4.79 Å². The summed E-state index contributed by atoms with van der Waals surface area (Å²) in [6, 6.07) is 0. The molecule has 1 saturated carbocycles. The van der Waals surface area contributed by atoms with Crippen molar-refractivity contribution >= 4 is 5.78 Å². The number of nitrogens with zero attached hydrogens (tertiary/aromatic N) is 1. The maximum Gasteiger partial charge on any atom is 0.143 e. The van der Waals surface area contributed by atoms with Gasteiger partial charge in [0.1, 0.15) is 5.78 Å². The molecule has 146 valence electrons. The first-order chi connectivity index (χ1) is 12.3. The Hall–Kier alpha value is -1.05. The van der Waals surface area contributed by atoms with E-state index in [1.165, 1.54) is 42.7 Å². The Bertz CT molecular complexity index is 591. The van der Waals surface area contributed by atoms with Gasteiger partial charge < -0.3 is 4.90 Å². The largest absolute Gasteiger partial charge is 0.348 e. The Morgan fingerprint density at radius 3 is 2.42 bits per heavy atom. The monoisotopic (exact) mass is 357 g/mol. The normalized spacial score (nSPS) is 34.2. The van der Waals surface area contributed by atoms with Gasteiger partial charge >= 0.3 is 0 Å². The second-order valence-corrected chi connectivity index (χ2v) is 9.88. The number of carbonyl (C=O) groups is 1. The molecule has 2 nitrogen and oxygen atoms in total. The zero-order chi connectivity index (χ0) is 19.1. The van der Waals surface area contributed by atoms with E-state index in [1.54, 1.807) is 0 Å². The van der Waals surface area contributed by atoms with Crippen molar-refractivity contribution in [3.63, 3.8) is 0 Å². The second kappa shape index (κ2) is 7.52. The summed E-state index contributed by atoms with van der Waals surface area (Å²) in [5.41, 5.74) is 4.21. The number of hydrogen-bond donors (Lipinski definition) is 0. The van der Waals surface area contributed by atoms with Crippen LogP contribution in [0.4, 0.5) is 0 Å². The number of rotatable bonds is 5. The Morgan fingerprint density at radius 2 is 1.85 bits per heavy atom. The third-order valence-corrected chi connectivity index (χ3v) is 7.40. The first-order valence-electron chi connectivity index (χ1n) is 11.0. The van der Waals surface area contributed by atoms with Gasteiger partial charge in [0.25, 0.3) is 0 Å². The van der Waals surface area contributed by atoms with Gasteiger partial charge in [-0.25, -0.2) is 0 Å². The molecule has 2 heteroatoms. The van der Waals surface area contributed by atoms with Crippen molar-refractivity contribution in [1.29, 1.82) is 0 Å². The fourth-order valence-corrected chi connectivity index (χ4v) is 5.83. The molecule has 0 aromatic carbocycles. The van der Waals surface area contributed by atoms with Crippen molar-refractivity contribution in [2.75, 3.05) is 6.54 Å². The maximum absolute atomic E-state index is 13.4. The standard InChI is InChI=1S/C24H39NO/c1-7-17(4)25-15-24(5,6)22-20(8-2)23(26)19(14-21(22)25)13-18-11-9-16(3)10-12-18/h16,18-20H,4,7-15H2,1-3,5-6H3. The minimum Gasteiger partial charge on any atom is -0.348 e. The van der Waals surface area contributed by atoms with Gasteiger partial charge in [-0.1, -0.05) is 66.9 Å². The van der Waals surface area contributed by atoms with Crippen LogP contribution in [-0.4, -0.2) is 17.2 Å². The van der Waals surface area contributed by atoms with E-state index in [9.17, 15) is 4.79 Å². The molecule has 0 N–H and O–H groups in total. The van der Waals surface area contributed by atoms with E-state index >= 15 is 0 Å². The van der Waals surface area contributed by atoms with Crippen molar-refractivity contribution in [1.82, 2.24) is 4.90 Å². The fraction of sp³-hybridized carbons (Fsp3) is 0.792. The first-order valence-corrected chi connectivity index (χ1v) is 11.0. The molecule has 0 amide bonds. The van der Waals surface area contributed by atoms with Gasteiger partial charge in [0.2, 0.25) is 0 Å². The van der Waals surface area contributed by atoms with Crippen molar-refractivity contribution in [2.24, 2.45) is 29.1 Å². The topological polar surface area (TPSA) is 20.3 Å². The van der Waals surface area contributed by atoms with Crippen LogP contribution in [0.15, 0.2) is 23.5 Å². The molecule has 0 saturated heterocycles. The van der Waals surface area contributed by atoms with E-state index in [1.807, 2.05) is 0 Å². The lowest BCUT2D eigenvalue weighted by molar-refractivity contribution is -0.127. The van der Waals surface area contributed by atoms with Crippen molar-refractivity contribution in [2.45, 2.75) is 86.0 Å². The molecule has 3 aliphatic rings. The number of ketones is 1. The molecule has 0 aromatic rings. The summed E-state index contributed by atoms with van der Waals surface area (Å²) in [7, 11) is 0. The van der Waals surface area contributed by atoms with Crippen LogP contribution >= 0.6 is 0 Å². The summed E-state index contributed by atoms with van der Waals surface area (Å²) in [6.07, 6.45) is 9.36. The average molecular weight is 358 g/mol. The minimum absolute atomic E-state index is 0.0923. The van der Waals surface area contributed by atoms with Crippen LogP contribution in [0.25, 0.3) is 0 Å². The molecule has 0 radical (unpaired) electrons. The molecule has 3 rings (SSSR count). The predicted octanol–water partition coefficient (Wildman–Crippen LogP) is 6.34. The van der Waals surface area contributed by atoms with Crippen molar-refractivity contribution < 1.29 is 4.79 Å². The highest BCUT2D eigenvalue weighted by atomic mass is 16.1. The van der Waals surface area contributed by atoms with E-state index in [0.717, 1.165) is 44.1 Å². The Kier molecular flexibility index (Phi) is 5.70. The fourth-order valence-electron chi connectivity index (χ4n) is 5.83. The average Bonchev–Trinajstić information content (AvgIpc) is 2.88. The van der Waals surface area contributed by atoms with Crippen LogP contribution < -0.4 is 0 Å². The smallest absolute Gasteiger partial charge is 0.143 e. The van der Waals surface area contributed by atoms with Crippen molar-refractivity contribution in [3.05, 3.63) is 23.5 Å². The molecule has 0 aromatic heterocycles. The second-order valence-electron chi connectivity index (χ2n) is 9.88. The van der Waals surface area contributed by atoms with Crippen LogP contribution in [0.1, 0.15) is 86.0 Å². The molecule has 2 unspecified atom stereocenters. The number of carbonyl (C=O) groups excluding carboxylic acids is 1. The van der Waals surface area contributed by atoms with Gasteiger partial charge in [-0.15, -0.1) is 0 Å². The lowest BCUT2D eigenvalue weighted by Gasteiger charge is -2.37. The van der Waals surface area contributed by atoms with E-state index in [2.05, 4.69) is 46.1 Å². The molecule has 26 heavy (non-hydrogen) atoms. The highest BCUT2D eigenvalue weighted by molar-refractivity contribution is 5.88. The van der Waals surface area contributed by atoms with Gasteiger partial charge in [0.05, 0.1) is 0 Å². The van der Waals surface area contributed by atoms with Crippen LogP contribution in [0.5, 0.6) is 0 Å². The predicted molar refractivity (Wildman–Crippen MR) is 110 cm³/mol. The Labute approximate surface area is 161 Å². The van der Waals surface area contributed by atoms with Gasteiger partial charge in [-0.2, -0.15) is 0 Å². The van der Waals surface area contributed by atoms with E-state index in [0.29, 0.717) is 5.78 Å². The van der Waals surface area contributed by atoms with E-state index in [-0.39, 0.29) is 17.3 Å². The lowest BCUT2D eigenvalue weighted by Crippen LogP contribution is -2.35. The van der Waals surface area contributed by atoms with Gasteiger partial charge in [0.15, 0.2) is 0 Å². The van der Waals surface area contributed by atoms with Crippen molar-refractivity contribution in [3.8, 4) is 0 Å². The lowest BCUT2D eigenvalue weighted by atomic mass is 9.67. The number of Topliss-reactive ketones (excluding diaryl/α,β-unsaturated/α-hetero) is 1. The van der Waals surface area contributed by atoms with Crippen LogP contribution in [-0.2, 0) is 4.79 Å². The molecule has 2 atom stereocenters. The molecular formula is C24H39NO. The summed E-state index contributed by atoms with van der Waals surface area (Å²) < 4.78 is 0. The first kappa shape index (κ1) is 19.7. The Morgan fingerprint density at radius 1 is 1.19 bits per heavy atom. The maximum atomic E-state index is 13.4. The van der Waals surface area contributed by atoms with Crippen LogP contribution in [0.2, 0.25) is 0 Å².